The Bertz CT molecular complexity index is 467. The zero-order valence-corrected chi connectivity index (χ0v) is 13.3. The van der Waals surface area contributed by atoms with Crippen LogP contribution in [0, 0.1) is 25.7 Å². The molecule has 0 aliphatic rings. The number of phenols is 1. The van der Waals surface area contributed by atoms with Crippen LogP contribution in [0.2, 0.25) is 0 Å². The van der Waals surface area contributed by atoms with Crippen LogP contribution in [0.3, 0.4) is 0 Å². The summed E-state index contributed by atoms with van der Waals surface area (Å²) in [6.45, 7) is 7.78. The van der Waals surface area contributed by atoms with Crippen molar-refractivity contribution in [2.75, 3.05) is 0 Å². The summed E-state index contributed by atoms with van der Waals surface area (Å²) in [6, 6.07) is 0. The molecule has 0 atom stereocenters. The molecule has 20 heavy (non-hydrogen) atoms. The summed E-state index contributed by atoms with van der Waals surface area (Å²) < 4.78 is 0. The lowest BCUT2D eigenvalue weighted by molar-refractivity contribution is 0.465. The Morgan fingerprint density at radius 1 is 0.900 bits per heavy atom. The Hall–Kier alpha value is -1.38. The number of aromatic hydroxyl groups is 1. The number of unbranched alkanes of at least 4 members (excludes halogenated alkanes) is 5. The van der Waals surface area contributed by atoms with Crippen LogP contribution >= 0.6 is 0 Å². The molecular weight excluding hydrogens is 250 g/mol. The van der Waals surface area contributed by atoms with Crippen LogP contribution in [0.5, 0.6) is 5.75 Å². The lowest BCUT2D eigenvalue weighted by Gasteiger charge is -2.15. The van der Waals surface area contributed by atoms with Gasteiger partial charge in [0.25, 0.3) is 0 Å². The number of hydrogen-bond acceptors (Lipinski definition) is 3. The van der Waals surface area contributed by atoms with Gasteiger partial charge in [0.05, 0.1) is 0 Å². The fourth-order valence-electron chi connectivity index (χ4n) is 2.69. The van der Waals surface area contributed by atoms with E-state index in [-0.39, 0.29) is 0 Å². The number of rotatable bonds is 8. The highest BCUT2D eigenvalue weighted by Crippen LogP contribution is 2.37. The Balaban J connectivity index is 2.76. The number of benzene rings is 1. The normalized spacial score (nSPS) is 10.8. The van der Waals surface area contributed by atoms with Crippen LogP contribution in [0.25, 0.3) is 0 Å². The van der Waals surface area contributed by atoms with Crippen LogP contribution in [0.4, 0.5) is 5.69 Å². The topological polar surface area (TPSA) is 49.7 Å². The van der Waals surface area contributed by atoms with E-state index in [1.165, 1.54) is 32.1 Å². The Morgan fingerprint density at radius 2 is 1.50 bits per heavy atom. The number of nitroso groups, excluding NO2 is 1. The van der Waals surface area contributed by atoms with Crippen molar-refractivity contribution in [3.05, 3.63) is 27.2 Å². The molecule has 0 heterocycles. The molecule has 0 amide bonds. The molecular formula is C17H27NO2. The first-order chi connectivity index (χ1) is 9.54. The molecule has 1 rings (SSSR count). The van der Waals surface area contributed by atoms with Crippen LogP contribution in [0.15, 0.2) is 5.18 Å². The molecule has 0 saturated heterocycles. The fourth-order valence-corrected chi connectivity index (χ4v) is 2.69. The average molecular weight is 277 g/mol. The van der Waals surface area contributed by atoms with Crippen molar-refractivity contribution in [3.8, 4) is 5.75 Å². The summed E-state index contributed by atoms with van der Waals surface area (Å²) in [5.74, 6) is 0.316. The lowest BCUT2D eigenvalue weighted by Crippen LogP contribution is -1.97. The summed E-state index contributed by atoms with van der Waals surface area (Å²) >= 11 is 0. The van der Waals surface area contributed by atoms with Gasteiger partial charge in [-0.3, -0.25) is 0 Å². The molecule has 0 saturated carbocycles. The molecule has 3 heteroatoms. The predicted octanol–water partition coefficient (Wildman–Crippen LogP) is 5.62. The van der Waals surface area contributed by atoms with Gasteiger partial charge in [-0.2, -0.15) is 0 Å². The maximum absolute atomic E-state index is 11.1. The fraction of sp³-hybridized carbons (Fsp3) is 0.647. The van der Waals surface area contributed by atoms with E-state index in [9.17, 15) is 10.0 Å². The summed E-state index contributed by atoms with van der Waals surface area (Å²) in [5.41, 5.74) is 3.85. The van der Waals surface area contributed by atoms with E-state index in [1.807, 2.05) is 20.8 Å². The molecule has 0 unspecified atom stereocenters. The first-order valence-corrected chi connectivity index (χ1v) is 7.69. The molecule has 0 fully saturated rings. The van der Waals surface area contributed by atoms with Crippen molar-refractivity contribution in [1.29, 1.82) is 0 Å². The van der Waals surface area contributed by atoms with Crippen LogP contribution in [-0.2, 0) is 6.42 Å². The second-order valence-corrected chi connectivity index (χ2v) is 5.66. The minimum atomic E-state index is 0.316. The lowest BCUT2D eigenvalue weighted by atomic mass is 9.93. The molecule has 0 aliphatic carbocycles. The number of phenolic OH excluding ortho intramolecular Hbond substituents is 1. The third-order valence-electron chi connectivity index (χ3n) is 4.24. The van der Waals surface area contributed by atoms with Crippen molar-refractivity contribution >= 4 is 5.69 Å². The predicted molar refractivity (Wildman–Crippen MR) is 84.9 cm³/mol. The number of nitrogens with zero attached hydrogens (tertiary/aromatic N) is 1. The highest BCUT2D eigenvalue weighted by Gasteiger charge is 2.17. The highest BCUT2D eigenvalue weighted by molar-refractivity contribution is 5.64. The van der Waals surface area contributed by atoms with Gasteiger partial charge in [0.1, 0.15) is 11.4 Å². The van der Waals surface area contributed by atoms with E-state index in [0.29, 0.717) is 11.4 Å². The SMILES string of the molecule is CCCCCCCCc1c(C)c(O)c(C)c(C)c1N=O. The standard InChI is InChI=1S/C17H27NO2/c1-5-6-7-8-9-10-11-15-14(4)17(19)13(3)12(2)16(15)18-20/h19H,5-11H2,1-4H3. The second kappa shape index (κ2) is 8.03. The summed E-state index contributed by atoms with van der Waals surface area (Å²) in [7, 11) is 0. The molecule has 0 spiro atoms. The van der Waals surface area contributed by atoms with Crippen molar-refractivity contribution < 1.29 is 5.11 Å². The molecule has 0 aromatic heterocycles. The number of hydrogen-bond donors (Lipinski definition) is 1. The second-order valence-electron chi connectivity index (χ2n) is 5.66. The third kappa shape index (κ3) is 3.81. The van der Waals surface area contributed by atoms with E-state index in [4.69, 9.17) is 0 Å². The van der Waals surface area contributed by atoms with E-state index in [2.05, 4.69) is 12.1 Å². The van der Waals surface area contributed by atoms with Gasteiger partial charge in [0.15, 0.2) is 0 Å². The minimum absolute atomic E-state index is 0.316. The molecule has 1 aromatic rings. The minimum Gasteiger partial charge on any atom is -0.507 e. The Labute approximate surface area is 122 Å². The molecule has 0 aliphatic heterocycles. The largest absolute Gasteiger partial charge is 0.507 e. The van der Waals surface area contributed by atoms with Gasteiger partial charge in [-0.1, -0.05) is 39.0 Å². The van der Waals surface area contributed by atoms with Gasteiger partial charge in [0.2, 0.25) is 0 Å². The van der Waals surface area contributed by atoms with E-state index >= 15 is 0 Å². The maximum Gasteiger partial charge on any atom is 0.122 e. The zero-order valence-electron chi connectivity index (χ0n) is 13.3. The van der Waals surface area contributed by atoms with E-state index in [1.54, 1.807) is 0 Å². The molecule has 0 radical (unpaired) electrons. The first kappa shape index (κ1) is 16.7. The Morgan fingerprint density at radius 3 is 2.10 bits per heavy atom. The summed E-state index contributed by atoms with van der Waals surface area (Å²) in [5, 5.41) is 13.3. The first-order valence-electron chi connectivity index (χ1n) is 7.69. The summed E-state index contributed by atoms with van der Waals surface area (Å²) in [6.07, 6.45) is 8.13. The van der Waals surface area contributed by atoms with Gasteiger partial charge >= 0.3 is 0 Å². The van der Waals surface area contributed by atoms with Crippen molar-refractivity contribution in [3.63, 3.8) is 0 Å². The van der Waals surface area contributed by atoms with Crippen LogP contribution < -0.4 is 0 Å². The smallest absolute Gasteiger partial charge is 0.122 e. The van der Waals surface area contributed by atoms with Gasteiger partial charge in [-0.15, -0.1) is 4.91 Å². The Kier molecular flexibility index (Phi) is 6.69. The van der Waals surface area contributed by atoms with Crippen molar-refractivity contribution in [2.45, 2.75) is 72.6 Å². The third-order valence-corrected chi connectivity index (χ3v) is 4.24. The van der Waals surface area contributed by atoms with Crippen molar-refractivity contribution in [1.82, 2.24) is 0 Å². The average Bonchev–Trinajstić information content (AvgIpc) is 2.45. The van der Waals surface area contributed by atoms with Gasteiger partial charge in [-0.25, -0.2) is 0 Å². The molecule has 0 bridgehead atoms. The summed E-state index contributed by atoms with van der Waals surface area (Å²) in [4.78, 5) is 11.1. The van der Waals surface area contributed by atoms with Crippen LogP contribution in [0.1, 0.15) is 67.7 Å². The van der Waals surface area contributed by atoms with Gasteiger partial charge in [-0.05, 0) is 61.0 Å². The van der Waals surface area contributed by atoms with Crippen molar-refractivity contribution in [2.24, 2.45) is 5.18 Å². The zero-order chi connectivity index (χ0) is 15.1. The van der Waals surface area contributed by atoms with E-state index in [0.717, 1.165) is 35.1 Å². The molecule has 3 nitrogen and oxygen atoms in total. The monoisotopic (exact) mass is 277 g/mol. The van der Waals surface area contributed by atoms with E-state index < -0.39 is 0 Å². The maximum atomic E-state index is 11.1. The molecule has 1 aromatic carbocycles. The van der Waals surface area contributed by atoms with Crippen LogP contribution in [-0.4, -0.2) is 5.11 Å². The highest BCUT2D eigenvalue weighted by atomic mass is 16.3. The molecule has 1 N–H and O–H groups in total. The van der Waals surface area contributed by atoms with Gasteiger partial charge < -0.3 is 5.11 Å². The quantitative estimate of drug-likeness (QED) is 0.495. The molecule has 112 valence electrons. The van der Waals surface area contributed by atoms with Gasteiger partial charge in [0, 0.05) is 0 Å².